The van der Waals surface area contributed by atoms with Crippen molar-refractivity contribution in [2.24, 2.45) is 0 Å². The maximum absolute atomic E-state index is 12.7. The van der Waals surface area contributed by atoms with Gasteiger partial charge in [-0.15, -0.1) is 0 Å². The molecule has 3 heteroatoms. The molecule has 194 valence electrons. The smallest absolute Gasteiger partial charge is 0.308 e. The van der Waals surface area contributed by atoms with Gasteiger partial charge in [-0.3, -0.25) is 4.79 Å². The van der Waals surface area contributed by atoms with Crippen LogP contribution >= 0.6 is 8.15 Å². The molecule has 0 radical (unpaired) electrons. The predicted molar refractivity (Wildman–Crippen MR) is 146 cm³/mol. The van der Waals surface area contributed by atoms with Gasteiger partial charge in [0.05, 0.1) is 8.15 Å². The number of carbonyl (C=O) groups is 1. The van der Waals surface area contributed by atoms with E-state index in [2.05, 4.69) is 6.92 Å². The Bertz CT molecular complexity index is 436. The molecule has 0 aliphatic heterocycles. The van der Waals surface area contributed by atoms with Gasteiger partial charge in [0.2, 0.25) is 0 Å². The molecular weight excluding hydrogens is 423 g/mol. The van der Waals surface area contributed by atoms with E-state index in [0.29, 0.717) is 17.7 Å². The van der Waals surface area contributed by atoms with Gasteiger partial charge in [-0.25, -0.2) is 0 Å². The molecule has 0 atom stereocenters. The summed E-state index contributed by atoms with van der Waals surface area (Å²) in [4.78, 5) is 12.7. The topological polar surface area (TPSA) is 26.3 Å². The zero-order valence-electron chi connectivity index (χ0n) is 22.3. The van der Waals surface area contributed by atoms with E-state index in [1.165, 1.54) is 154 Å². The lowest BCUT2D eigenvalue weighted by Crippen LogP contribution is -2.23. The van der Waals surface area contributed by atoms with Crippen molar-refractivity contribution in [1.82, 2.24) is 0 Å². The molecule has 0 N–H and O–H groups in total. The molecule has 2 rings (SSSR count). The van der Waals surface area contributed by atoms with Crippen molar-refractivity contribution in [3.8, 4) is 0 Å². The van der Waals surface area contributed by atoms with Gasteiger partial charge in [0.25, 0.3) is 0 Å². The lowest BCUT2D eigenvalue weighted by molar-refractivity contribution is -0.134. The summed E-state index contributed by atoms with van der Waals surface area (Å²) in [5.41, 5.74) is 1.42. The molecule has 0 aromatic carbocycles. The predicted octanol–water partition coefficient (Wildman–Crippen LogP) is 10.9. The Morgan fingerprint density at radius 3 is 1.33 bits per heavy atom. The van der Waals surface area contributed by atoms with Gasteiger partial charge < -0.3 is 4.52 Å². The second kappa shape index (κ2) is 20.1. The van der Waals surface area contributed by atoms with Crippen molar-refractivity contribution in [2.45, 2.75) is 185 Å². The number of hydrogen-bond donors (Lipinski definition) is 0. The molecule has 2 aliphatic carbocycles. The summed E-state index contributed by atoms with van der Waals surface area (Å²) in [6, 6.07) is 0. The first kappa shape index (κ1) is 29.1. The number of rotatable bonds is 19. The molecule has 0 aromatic heterocycles. The Morgan fingerprint density at radius 2 is 0.939 bits per heavy atom. The van der Waals surface area contributed by atoms with E-state index in [0.717, 1.165) is 6.42 Å². The van der Waals surface area contributed by atoms with Crippen LogP contribution < -0.4 is 0 Å². The quantitative estimate of drug-likeness (QED) is 0.136. The Morgan fingerprint density at radius 1 is 0.576 bits per heavy atom. The molecule has 33 heavy (non-hydrogen) atoms. The number of carbonyl (C=O) groups excluding carboxylic acids is 1. The van der Waals surface area contributed by atoms with Crippen LogP contribution in [0.25, 0.3) is 0 Å². The Labute approximate surface area is 208 Å². The molecule has 0 bridgehead atoms. The molecule has 2 nitrogen and oxygen atoms in total. The van der Waals surface area contributed by atoms with Crippen molar-refractivity contribution in [3.63, 3.8) is 0 Å². The van der Waals surface area contributed by atoms with Gasteiger partial charge >= 0.3 is 5.97 Å². The minimum Gasteiger partial charge on any atom is -0.444 e. The molecule has 0 saturated heterocycles. The fourth-order valence-corrected chi connectivity index (χ4v) is 8.89. The van der Waals surface area contributed by atoms with Gasteiger partial charge in [-0.1, -0.05) is 135 Å². The molecule has 0 spiro atoms. The minimum absolute atomic E-state index is 0.131. The highest BCUT2D eigenvalue weighted by Crippen LogP contribution is 2.56. The molecular formula is C30H57O2P. The molecule has 2 saturated carbocycles. The summed E-state index contributed by atoms with van der Waals surface area (Å²) in [5, 5.41) is 0. The Kier molecular flexibility index (Phi) is 17.8. The van der Waals surface area contributed by atoms with E-state index in [-0.39, 0.29) is 5.97 Å². The second-order valence-corrected chi connectivity index (χ2v) is 13.5. The lowest BCUT2D eigenvalue weighted by Gasteiger charge is -2.36. The highest BCUT2D eigenvalue weighted by Gasteiger charge is 2.34. The van der Waals surface area contributed by atoms with Gasteiger partial charge in [-0.2, -0.15) is 0 Å². The van der Waals surface area contributed by atoms with Crippen LogP contribution in [0.1, 0.15) is 174 Å². The summed E-state index contributed by atoms with van der Waals surface area (Å²) < 4.78 is 6.27. The maximum Gasteiger partial charge on any atom is 0.308 e. The highest BCUT2D eigenvalue weighted by molar-refractivity contribution is 7.54. The van der Waals surface area contributed by atoms with E-state index in [4.69, 9.17) is 4.52 Å². The van der Waals surface area contributed by atoms with Crippen molar-refractivity contribution in [2.75, 3.05) is 0 Å². The van der Waals surface area contributed by atoms with Crippen LogP contribution in [0, 0.1) is 0 Å². The summed E-state index contributed by atoms with van der Waals surface area (Å²) >= 11 is 0. The van der Waals surface area contributed by atoms with Crippen LogP contribution in [0.5, 0.6) is 0 Å². The fourth-order valence-electron chi connectivity index (χ4n) is 5.92. The first-order valence-electron chi connectivity index (χ1n) is 15.3. The Hall–Kier alpha value is -0.100. The first-order chi connectivity index (χ1) is 16.3. The van der Waals surface area contributed by atoms with E-state index >= 15 is 0 Å². The third kappa shape index (κ3) is 14.1. The van der Waals surface area contributed by atoms with E-state index in [1.807, 2.05) is 0 Å². The second-order valence-electron chi connectivity index (χ2n) is 11.1. The van der Waals surface area contributed by atoms with Crippen LogP contribution in [-0.4, -0.2) is 17.3 Å². The molecule has 0 heterocycles. The Balaban J connectivity index is 1.44. The van der Waals surface area contributed by atoms with Crippen molar-refractivity contribution in [1.29, 1.82) is 0 Å². The standard InChI is InChI=1S/C30H57O2P/c1-2-3-4-5-6-7-8-9-10-11-12-13-14-15-22-27-30(31)32-33(28-23-18-16-19-24-28)29-25-20-17-21-26-29/h28-29H,2-27H2,1H3. The van der Waals surface area contributed by atoms with Gasteiger partial charge in [-0.05, 0) is 32.1 Å². The van der Waals surface area contributed by atoms with E-state index < -0.39 is 8.15 Å². The lowest BCUT2D eigenvalue weighted by atomic mass is 10.00. The van der Waals surface area contributed by atoms with Gasteiger partial charge in [0, 0.05) is 17.7 Å². The minimum atomic E-state index is -0.529. The van der Waals surface area contributed by atoms with Crippen molar-refractivity contribution in [3.05, 3.63) is 0 Å². The van der Waals surface area contributed by atoms with E-state index in [1.54, 1.807) is 0 Å². The SMILES string of the molecule is CCCCCCCCCCCCCCCCCC(=O)OP(C1CCCCC1)C1CCCCC1. The van der Waals surface area contributed by atoms with Crippen molar-refractivity contribution < 1.29 is 9.32 Å². The summed E-state index contributed by atoms with van der Waals surface area (Å²) in [7, 11) is -0.529. The molecule has 2 fully saturated rings. The van der Waals surface area contributed by atoms with Gasteiger partial charge in [0.1, 0.15) is 0 Å². The fraction of sp³-hybridized carbons (Fsp3) is 0.967. The zero-order chi connectivity index (χ0) is 23.4. The zero-order valence-corrected chi connectivity index (χ0v) is 23.2. The van der Waals surface area contributed by atoms with Crippen LogP contribution in [0.4, 0.5) is 0 Å². The van der Waals surface area contributed by atoms with Crippen LogP contribution in [0.3, 0.4) is 0 Å². The van der Waals surface area contributed by atoms with Crippen LogP contribution in [0.2, 0.25) is 0 Å². The summed E-state index contributed by atoms with van der Waals surface area (Å²) in [6.45, 7) is 2.29. The van der Waals surface area contributed by atoms with Crippen LogP contribution in [0.15, 0.2) is 0 Å². The first-order valence-corrected chi connectivity index (χ1v) is 16.7. The maximum atomic E-state index is 12.7. The highest BCUT2D eigenvalue weighted by atomic mass is 31.1. The molecule has 0 amide bonds. The summed E-state index contributed by atoms with van der Waals surface area (Å²) in [6.07, 6.45) is 34.7. The summed E-state index contributed by atoms with van der Waals surface area (Å²) in [5.74, 6) is 0.131. The monoisotopic (exact) mass is 480 g/mol. The van der Waals surface area contributed by atoms with Gasteiger partial charge in [0.15, 0.2) is 0 Å². The average Bonchev–Trinajstić information content (AvgIpc) is 2.86. The number of unbranched alkanes of at least 4 members (excludes halogenated alkanes) is 14. The third-order valence-corrected chi connectivity index (χ3v) is 10.9. The number of hydrogen-bond acceptors (Lipinski definition) is 2. The molecule has 0 aromatic rings. The third-order valence-electron chi connectivity index (χ3n) is 8.06. The van der Waals surface area contributed by atoms with Crippen molar-refractivity contribution >= 4 is 14.1 Å². The molecule has 2 aliphatic rings. The largest absolute Gasteiger partial charge is 0.444 e. The van der Waals surface area contributed by atoms with E-state index in [9.17, 15) is 4.79 Å². The molecule has 0 unspecified atom stereocenters. The average molecular weight is 481 g/mol. The van der Waals surface area contributed by atoms with Crippen LogP contribution in [-0.2, 0) is 9.32 Å². The normalized spacial score (nSPS) is 18.1.